The number of nitrogens with one attached hydrogen (secondary N) is 2. The first-order chi connectivity index (χ1) is 10.1. The third-order valence-corrected chi connectivity index (χ3v) is 4.96. The first-order valence-electron chi connectivity index (χ1n) is 6.93. The van der Waals surface area contributed by atoms with Crippen molar-refractivity contribution in [2.75, 3.05) is 32.1 Å². The first kappa shape index (κ1) is 18.9. The second-order valence-corrected chi connectivity index (χ2v) is 7.02. The second kappa shape index (κ2) is 9.09. The van der Waals surface area contributed by atoms with E-state index in [0.29, 0.717) is 19.6 Å². The number of rotatable bonds is 6. The summed E-state index contributed by atoms with van der Waals surface area (Å²) in [6.07, 6.45) is 0.297. The summed E-state index contributed by atoms with van der Waals surface area (Å²) in [5, 5.41) is 5.82. The monoisotopic (exact) mass is 348 g/mol. The van der Waals surface area contributed by atoms with Crippen molar-refractivity contribution >= 4 is 28.2 Å². The van der Waals surface area contributed by atoms with Gasteiger partial charge in [-0.1, -0.05) is 18.2 Å². The highest BCUT2D eigenvalue weighted by Crippen LogP contribution is 2.09. The molecule has 1 atom stereocenters. The van der Waals surface area contributed by atoms with Crippen LogP contribution in [-0.2, 0) is 19.4 Å². The molecule has 0 bridgehead atoms. The van der Waals surface area contributed by atoms with Gasteiger partial charge in [-0.15, -0.1) is 12.4 Å². The van der Waals surface area contributed by atoms with Crippen LogP contribution in [0.25, 0.3) is 0 Å². The summed E-state index contributed by atoms with van der Waals surface area (Å²) < 4.78 is 29.3. The molecule has 2 N–H and O–H groups in total. The Bertz CT molecular complexity index is 559. The fourth-order valence-corrected chi connectivity index (χ4v) is 3.30. The summed E-state index contributed by atoms with van der Waals surface area (Å²) in [5.41, 5.74) is 0. The average Bonchev–Trinajstić information content (AvgIpc) is 2.49. The zero-order valence-electron chi connectivity index (χ0n) is 12.2. The molecule has 1 aliphatic heterocycles. The normalized spacial score (nSPS) is 18.3. The van der Waals surface area contributed by atoms with Gasteiger partial charge >= 0.3 is 0 Å². The van der Waals surface area contributed by atoms with Gasteiger partial charge in [-0.2, -0.15) is 0 Å². The molecule has 1 amide bonds. The van der Waals surface area contributed by atoms with Crippen molar-refractivity contribution in [1.82, 2.24) is 10.6 Å². The van der Waals surface area contributed by atoms with E-state index in [1.54, 1.807) is 30.3 Å². The molecule has 0 saturated carbocycles. The van der Waals surface area contributed by atoms with Crippen LogP contribution in [0.3, 0.4) is 0 Å². The average molecular weight is 349 g/mol. The zero-order valence-corrected chi connectivity index (χ0v) is 13.8. The van der Waals surface area contributed by atoms with Gasteiger partial charge in [-0.05, 0) is 12.1 Å². The van der Waals surface area contributed by atoms with E-state index in [-0.39, 0.29) is 41.5 Å². The minimum absolute atomic E-state index is 0. The number of halogens is 1. The predicted octanol–water partition coefficient (Wildman–Crippen LogP) is 0.377. The van der Waals surface area contributed by atoms with Crippen molar-refractivity contribution in [2.24, 2.45) is 0 Å². The van der Waals surface area contributed by atoms with E-state index in [4.69, 9.17) is 4.74 Å². The number of carbonyl (C=O) groups is 1. The number of amides is 1. The lowest BCUT2D eigenvalue weighted by atomic mass is 10.2. The first-order valence-corrected chi connectivity index (χ1v) is 8.59. The Morgan fingerprint density at radius 1 is 1.32 bits per heavy atom. The lowest BCUT2D eigenvalue weighted by Crippen LogP contribution is -2.44. The van der Waals surface area contributed by atoms with Crippen LogP contribution in [0, 0.1) is 0 Å². The van der Waals surface area contributed by atoms with Crippen LogP contribution < -0.4 is 10.6 Å². The fraction of sp³-hybridized carbons (Fsp3) is 0.500. The molecule has 1 heterocycles. The molecule has 1 aromatic rings. The molecule has 0 spiro atoms. The number of ether oxygens (including phenoxy) is 1. The van der Waals surface area contributed by atoms with Crippen molar-refractivity contribution in [3.63, 3.8) is 0 Å². The number of carbonyl (C=O) groups excluding carboxylic acids is 1. The highest BCUT2D eigenvalue weighted by molar-refractivity contribution is 7.91. The largest absolute Gasteiger partial charge is 0.378 e. The van der Waals surface area contributed by atoms with Crippen molar-refractivity contribution in [2.45, 2.75) is 17.4 Å². The number of benzene rings is 1. The molecule has 1 aromatic carbocycles. The number of hydrogen-bond donors (Lipinski definition) is 2. The molecule has 0 radical (unpaired) electrons. The third kappa shape index (κ3) is 5.92. The standard InChI is InChI=1S/C14H20N2O4S.ClH/c17-14(10-12-11-20-8-6-15-12)16-7-9-21(18,19)13-4-2-1-3-5-13;/h1-5,12,15H,6-11H2,(H,16,17);1H. The molecule has 6 nitrogen and oxygen atoms in total. The van der Waals surface area contributed by atoms with Gasteiger partial charge < -0.3 is 15.4 Å². The summed E-state index contributed by atoms with van der Waals surface area (Å²) in [7, 11) is -3.34. The van der Waals surface area contributed by atoms with Crippen molar-refractivity contribution in [3.8, 4) is 0 Å². The molecule has 124 valence electrons. The van der Waals surface area contributed by atoms with E-state index in [1.807, 2.05) is 0 Å². The Balaban J connectivity index is 0.00000242. The van der Waals surface area contributed by atoms with E-state index in [0.717, 1.165) is 6.54 Å². The Morgan fingerprint density at radius 2 is 2.05 bits per heavy atom. The van der Waals surface area contributed by atoms with Crippen LogP contribution in [0.5, 0.6) is 0 Å². The maximum Gasteiger partial charge on any atom is 0.221 e. The van der Waals surface area contributed by atoms with E-state index < -0.39 is 9.84 Å². The summed E-state index contributed by atoms with van der Waals surface area (Å²) in [6.45, 7) is 2.02. The van der Waals surface area contributed by atoms with E-state index >= 15 is 0 Å². The summed E-state index contributed by atoms with van der Waals surface area (Å²) in [6, 6.07) is 8.24. The molecule has 1 aliphatic rings. The minimum atomic E-state index is -3.34. The van der Waals surface area contributed by atoms with Gasteiger partial charge in [-0.3, -0.25) is 4.79 Å². The van der Waals surface area contributed by atoms with E-state index in [2.05, 4.69) is 10.6 Å². The minimum Gasteiger partial charge on any atom is -0.378 e. The predicted molar refractivity (Wildman–Crippen MR) is 86.0 cm³/mol. The van der Waals surface area contributed by atoms with Crippen LogP contribution in [0.2, 0.25) is 0 Å². The van der Waals surface area contributed by atoms with E-state index in [9.17, 15) is 13.2 Å². The maximum absolute atomic E-state index is 12.0. The lowest BCUT2D eigenvalue weighted by molar-refractivity contribution is -0.122. The summed E-state index contributed by atoms with van der Waals surface area (Å²) in [4.78, 5) is 12.0. The van der Waals surface area contributed by atoms with Gasteiger partial charge in [0.15, 0.2) is 9.84 Å². The highest BCUT2D eigenvalue weighted by Gasteiger charge is 2.18. The Morgan fingerprint density at radius 3 is 2.68 bits per heavy atom. The molecule has 1 fully saturated rings. The van der Waals surface area contributed by atoms with Gasteiger partial charge in [0.25, 0.3) is 0 Å². The van der Waals surface area contributed by atoms with Crippen LogP contribution in [-0.4, -0.2) is 52.4 Å². The SMILES string of the molecule is Cl.O=C(CC1COCCN1)NCCS(=O)(=O)c1ccccc1. The van der Waals surface area contributed by atoms with Gasteiger partial charge in [-0.25, -0.2) is 8.42 Å². The topological polar surface area (TPSA) is 84.5 Å². The summed E-state index contributed by atoms with van der Waals surface area (Å²) >= 11 is 0. The molecule has 2 rings (SSSR count). The zero-order chi connectivity index (χ0) is 15.1. The van der Waals surface area contributed by atoms with Crippen molar-refractivity contribution < 1.29 is 17.9 Å². The van der Waals surface area contributed by atoms with Crippen LogP contribution in [0.4, 0.5) is 0 Å². The lowest BCUT2D eigenvalue weighted by Gasteiger charge is -2.23. The second-order valence-electron chi connectivity index (χ2n) is 4.91. The van der Waals surface area contributed by atoms with E-state index in [1.165, 1.54) is 0 Å². The maximum atomic E-state index is 12.0. The van der Waals surface area contributed by atoms with Gasteiger partial charge in [0.05, 0.1) is 23.9 Å². The quantitative estimate of drug-likeness (QED) is 0.776. The third-order valence-electron chi connectivity index (χ3n) is 3.23. The van der Waals surface area contributed by atoms with Gasteiger partial charge in [0.1, 0.15) is 0 Å². The number of sulfone groups is 1. The molecule has 0 aliphatic carbocycles. The molecule has 22 heavy (non-hydrogen) atoms. The Kier molecular flexibility index (Phi) is 7.81. The molecule has 8 heteroatoms. The molecular formula is C14H21ClN2O4S. The van der Waals surface area contributed by atoms with Crippen molar-refractivity contribution in [3.05, 3.63) is 30.3 Å². The van der Waals surface area contributed by atoms with Crippen LogP contribution in [0.1, 0.15) is 6.42 Å². The smallest absolute Gasteiger partial charge is 0.221 e. The summed E-state index contributed by atoms with van der Waals surface area (Å²) in [5.74, 6) is -0.265. The van der Waals surface area contributed by atoms with Crippen LogP contribution in [0.15, 0.2) is 35.2 Å². The van der Waals surface area contributed by atoms with Crippen molar-refractivity contribution in [1.29, 1.82) is 0 Å². The number of hydrogen-bond acceptors (Lipinski definition) is 5. The fourth-order valence-electron chi connectivity index (χ4n) is 2.12. The highest BCUT2D eigenvalue weighted by atomic mass is 35.5. The Hall–Kier alpha value is -1.15. The van der Waals surface area contributed by atoms with Gasteiger partial charge in [0, 0.05) is 25.6 Å². The molecular weight excluding hydrogens is 328 g/mol. The number of morpholine rings is 1. The Labute approximate surface area is 136 Å². The molecule has 1 unspecified atom stereocenters. The molecule has 1 saturated heterocycles. The molecule has 0 aromatic heterocycles. The van der Waals surface area contributed by atoms with Crippen LogP contribution >= 0.6 is 12.4 Å². The van der Waals surface area contributed by atoms with Gasteiger partial charge in [0.2, 0.25) is 5.91 Å².